The molecule has 9 heteroatoms. The molecule has 0 aliphatic carbocycles. The smallest absolute Gasteiger partial charge is 0.338 e. The van der Waals surface area contributed by atoms with E-state index < -0.39 is 23.0 Å². The van der Waals surface area contributed by atoms with Gasteiger partial charge in [-0.2, -0.15) is 0 Å². The number of benzene rings is 2. The van der Waals surface area contributed by atoms with Gasteiger partial charge >= 0.3 is 12.0 Å². The topological polar surface area (TPSA) is 111 Å². The van der Waals surface area contributed by atoms with Crippen LogP contribution < -0.4 is 10.6 Å². The number of amides is 2. The van der Waals surface area contributed by atoms with Crippen LogP contribution in [0.3, 0.4) is 0 Å². The number of urea groups is 1. The molecule has 1 aliphatic rings. The predicted octanol–water partition coefficient (Wildman–Crippen LogP) is 3.58. The molecule has 8 nitrogen and oxygen atoms in total. The zero-order chi connectivity index (χ0) is 20.3. The number of nitrogens with zero attached hydrogens (tertiary/aromatic N) is 1. The van der Waals surface area contributed by atoms with Crippen molar-refractivity contribution in [3.8, 4) is 0 Å². The van der Waals surface area contributed by atoms with Crippen LogP contribution >= 0.6 is 11.6 Å². The van der Waals surface area contributed by atoms with Crippen LogP contribution in [0.4, 0.5) is 10.5 Å². The van der Waals surface area contributed by atoms with E-state index in [1.165, 1.54) is 24.3 Å². The molecule has 0 spiro atoms. The van der Waals surface area contributed by atoms with E-state index in [0.29, 0.717) is 16.1 Å². The Kier molecular flexibility index (Phi) is 5.60. The van der Waals surface area contributed by atoms with Crippen molar-refractivity contribution in [2.45, 2.75) is 13.0 Å². The molecular formula is C19H16ClN3O5. The van der Waals surface area contributed by atoms with Crippen molar-refractivity contribution in [3.05, 3.63) is 80.4 Å². The van der Waals surface area contributed by atoms with E-state index in [4.69, 9.17) is 16.3 Å². The first-order chi connectivity index (χ1) is 13.4. The Morgan fingerprint density at radius 2 is 1.82 bits per heavy atom. The molecule has 28 heavy (non-hydrogen) atoms. The largest absolute Gasteiger partial charge is 0.463 e. The van der Waals surface area contributed by atoms with E-state index in [-0.39, 0.29) is 23.6 Å². The summed E-state index contributed by atoms with van der Waals surface area (Å²) in [5.41, 5.74) is 1.41. The molecule has 3 rings (SSSR count). The molecule has 144 valence electrons. The number of esters is 1. The van der Waals surface area contributed by atoms with Gasteiger partial charge in [-0.1, -0.05) is 23.7 Å². The average Bonchev–Trinajstić information content (AvgIpc) is 2.68. The number of carbonyl (C=O) groups is 2. The van der Waals surface area contributed by atoms with Crippen LogP contribution in [-0.2, 0) is 9.53 Å². The number of nitro benzene ring substituents is 1. The molecule has 0 saturated carbocycles. The Bertz CT molecular complexity index is 955. The standard InChI is InChI=1S/C19H16ClN3O5/c1-2-28-18(24)15-16(11-3-7-13(20)8-4-11)21-19(25)22-17(15)12-5-9-14(10-6-12)23(26)27/h3-10,16H,2H2,1H3,(H2,21,22,25). The lowest BCUT2D eigenvalue weighted by atomic mass is 9.92. The number of rotatable bonds is 5. The molecule has 2 aromatic carbocycles. The van der Waals surface area contributed by atoms with Gasteiger partial charge in [0.05, 0.1) is 28.8 Å². The van der Waals surface area contributed by atoms with Crippen molar-refractivity contribution >= 4 is 35.0 Å². The van der Waals surface area contributed by atoms with Crippen molar-refractivity contribution < 1.29 is 19.2 Å². The van der Waals surface area contributed by atoms with Gasteiger partial charge in [0, 0.05) is 17.2 Å². The Hall–Kier alpha value is -3.39. The van der Waals surface area contributed by atoms with E-state index in [9.17, 15) is 19.7 Å². The highest BCUT2D eigenvalue weighted by atomic mass is 35.5. The first-order valence-corrected chi connectivity index (χ1v) is 8.77. The number of non-ortho nitro benzene ring substituents is 1. The molecule has 1 unspecified atom stereocenters. The molecule has 0 saturated heterocycles. The van der Waals surface area contributed by atoms with Gasteiger partial charge in [-0.25, -0.2) is 9.59 Å². The van der Waals surface area contributed by atoms with Gasteiger partial charge in [0.25, 0.3) is 5.69 Å². The lowest BCUT2D eigenvalue weighted by Crippen LogP contribution is -2.45. The summed E-state index contributed by atoms with van der Waals surface area (Å²) in [4.78, 5) is 35.3. The maximum Gasteiger partial charge on any atom is 0.338 e. The fraction of sp³-hybridized carbons (Fsp3) is 0.158. The second kappa shape index (κ2) is 8.10. The summed E-state index contributed by atoms with van der Waals surface area (Å²) >= 11 is 5.93. The van der Waals surface area contributed by atoms with Crippen molar-refractivity contribution in [3.63, 3.8) is 0 Å². The molecule has 0 bridgehead atoms. The number of ether oxygens (including phenoxy) is 1. The van der Waals surface area contributed by atoms with Crippen LogP contribution in [0.15, 0.2) is 54.1 Å². The van der Waals surface area contributed by atoms with Gasteiger partial charge < -0.3 is 15.4 Å². The Labute approximate surface area is 165 Å². The summed E-state index contributed by atoms with van der Waals surface area (Å²) < 4.78 is 5.18. The van der Waals surface area contributed by atoms with Gasteiger partial charge in [0.2, 0.25) is 0 Å². The summed E-state index contributed by atoms with van der Waals surface area (Å²) in [6, 6.07) is 11.0. The lowest BCUT2D eigenvalue weighted by Gasteiger charge is -2.29. The second-order valence-electron chi connectivity index (χ2n) is 5.90. The fourth-order valence-electron chi connectivity index (χ4n) is 2.88. The van der Waals surface area contributed by atoms with Crippen LogP contribution in [0.2, 0.25) is 5.02 Å². The lowest BCUT2D eigenvalue weighted by molar-refractivity contribution is -0.384. The van der Waals surface area contributed by atoms with Gasteiger partial charge in [0.1, 0.15) is 0 Å². The summed E-state index contributed by atoms with van der Waals surface area (Å²) in [7, 11) is 0. The third kappa shape index (κ3) is 3.96. The summed E-state index contributed by atoms with van der Waals surface area (Å²) in [6.45, 7) is 1.83. The fourth-order valence-corrected chi connectivity index (χ4v) is 3.00. The first-order valence-electron chi connectivity index (χ1n) is 8.39. The van der Waals surface area contributed by atoms with Crippen molar-refractivity contribution in [1.82, 2.24) is 10.6 Å². The quantitative estimate of drug-likeness (QED) is 0.452. The predicted molar refractivity (Wildman–Crippen MR) is 103 cm³/mol. The maximum absolute atomic E-state index is 12.7. The number of hydrogen-bond donors (Lipinski definition) is 2. The van der Waals surface area contributed by atoms with E-state index >= 15 is 0 Å². The van der Waals surface area contributed by atoms with E-state index in [1.807, 2.05) is 0 Å². The molecule has 1 heterocycles. The highest BCUT2D eigenvalue weighted by Gasteiger charge is 2.34. The summed E-state index contributed by atoms with van der Waals surface area (Å²) in [6.07, 6.45) is 0. The summed E-state index contributed by atoms with van der Waals surface area (Å²) in [5, 5.41) is 16.7. The zero-order valence-electron chi connectivity index (χ0n) is 14.8. The number of carbonyl (C=O) groups excluding carboxylic acids is 2. The maximum atomic E-state index is 12.7. The third-order valence-corrected chi connectivity index (χ3v) is 4.39. The molecular weight excluding hydrogens is 386 g/mol. The van der Waals surface area contributed by atoms with Crippen LogP contribution in [0, 0.1) is 10.1 Å². The second-order valence-corrected chi connectivity index (χ2v) is 6.33. The number of nitrogens with one attached hydrogen (secondary N) is 2. The molecule has 1 atom stereocenters. The van der Waals surface area contributed by atoms with Gasteiger partial charge in [0.15, 0.2) is 0 Å². The molecule has 2 N–H and O–H groups in total. The normalized spacial score (nSPS) is 16.2. The Morgan fingerprint density at radius 1 is 1.18 bits per heavy atom. The van der Waals surface area contributed by atoms with Crippen LogP contribution in [-0.4, -0.2) is 23.5 Å². The number of halogens is 1. The number of nitro groups is 1. The third-order valence-electron chi connectivity index (χ3n) is 4.14. The SMILES string of the molecule is CCOC(=O)C1=C(c2ccc([N+](=O)[O-])cc2)NC(=O)NC1c1ccc(Cl)cc1. The minimum atomic E-state index is -0.768. The molecule has 2 aromatic rings. The molecule has 0 aromatic heterocycles. The molecule has 1 aliphatic heterocycles. The highest BCUT2D eigenvalue weighted by Crippen LogP contribution is 2.33. The summed E-state index contributed by atoms with van der Waals surface area (Å²) in [5.74, 6) is -0.608. The Balaban J connectivity index is 2.15. The van der Waals surface area contributed by atoms with Crippen LogP contribution in [0.1, 0.15) is 24.1 Å². The van der Waals surface area contributed by atoms with Crippen molar-refractivity contribution in [1.29, 1.82) is 0 Å². The minimum Gasteiger partial charge on any atom is -0.463 e. The van der Waals surface area contributed by atoms with Crippen LogP contribution in [0.5, 0.6) is 0 Å². The first kappa shape index (κ1) is 19.4. The highest BCUT2D eigenvalue weighted by molar-refractivity contribution is 6.30. The van der Waals surface area contributed by atoms with E-state index in [2.05, 4.69) is 10.6 Å². The Morgan fingerprint density at radius 3 is 2.39 bits per heavy atom. The van der Waals surface area contributed by atoms with Crippen LogP contribution in [0.25, 0.3) is 5.70 Å². The minimum absolute atomic E-state index is 0.100. The van der Waals surface area contributed by atoms with E-state index in [0.717, 1.165) is 0 Å². The van der Waals surface area contributed by atoms with E-state index in [1.54, 1.807) is 31.2 Å². The molecule has 0 radical (unpaired) electrons. The van der Waals surface area contributed by atoms with Crippen molar-refractivity contribution in [2.75, 3.05) is 6.61 Å². The van der Waals surface area contributed by atoms with Gasteiger partial charge in [-0.05, 0) is 42.3 Å². The monoisotopic (exact) mass is 401 g/mol. The van der Waals surface area contributed by atoms with Crippen molar-refractivity contribution in [2.24, 2.45) is 0 Å². The van der Waals surface area contributed by atoms with Gasteiger partial charge in [-0.15, -0.1) is 0 Å². The zero-order valence-corrected chi connectivity index (χ0v) is 15.5. The molecule has 0 fully saturated rings. The number of hydrogen-bond acceptors (Lipinski definition) is 5. The molecule has 2 amide bonds. The average molecular weight is 402 g/mol. The van der Waals surface area contributed by atoms with Gasteiger partial charge in [-0.3, -0.25) is 10.1 Å².